The molecule has 0 amide bonds. The minimum Gasteiger partial charge on any atom is -0.375 e. The van der Waals surface area contributed by atoms with E-state index in [9.17, 15) is 9.59 Å². The van der Waals surface area contributed by atoms with Crippen LogP contribution in [0, 0.1) is 88.3 Å². The number of ether oxygens (including phenoxy) is 4. The van der Waals surface area contributed by atoms with Gasteiger partial charge in [0.2, 0.25) is 0 Å². The van der Waals surface area contributed by atoms with Gasteiger partial charge in [0.25, 0.3) is 0 Å². The van der Waals surface area contributed by atoms with E-state index in [2.05, 4.69) is 25.6 Å². The van der Waals surface area contributed by atoms with Crippen LogP contribution in [0.5, 0.6) is 0 Å². The molecule has 0 bridgehead atoms. The monoisotopic (exact) mass is 1340 g/mol. The molecule has 0 spiro atoms. The topological polar surface area (TPSA) is 88.1 Å². The molecule has 12 rings (SSSR count). The molecular formula is C80H126F6O7S. The third-order valence-corrected chi connectivity index (χ3v) is 30.5. The second-order valence-corrected chi connectivity index (χ2v) is 36.2. The van der Waals surface area contributed by atoms with Gasteiger partial charge in [-0.3, -0.25) is 14.4 Å². The lowest BCUT2D eigenvalue weighted by atomic mass is 9.57. The Morgan fingerprint density at radius 1 is 0.298 bits per heavy atom. The zero-order chi connectivity index (χ0) is 65.6. The molecule has 0 N–H and O–H groups in total. The van der Waals surface area contributed by atoms with Crippen LogP contribution in [-0.2, 0) is 33.3 Å². The van der Waals surface area contributed by atoms with E-state index in [0.29, 0.717) is 97.9 Å². The van der Waals surface area contributed by atoms with Crippen molar-refractivity contribution in [1.29, 1.82) is 0 Å². The van der Waals surface area contributed by atoms with Crippen LogP contribution in [0.15, 0.2) is 0 Å². The van der Waals surface area contributed by atoms with E-state index in [-0.39, 0.29) is 117 Å². The molecule has 3 unspecified atom stereocenters. The molecule has 0 aromatic rings. The SMILES string of the molecule is CC1CCC(SC2CCC(C3CCC(C4CCC(C(=O)C5CCC(OC6CCC(C(C7CCC(OC8CCC(C(=O)C9CCC(C)CC9)CC8)CC7)(C(F)(F)F)C(F)(F)F)CC6)CC5)CC4)C(C(=O)C4CCC(OC5CCC(OC6CCCCC6)CC5)CC4)C3)CC2)CC1. The van der Waals surface area contributed by atoms with E-state index in [0.717, 1.165) is 151 Å². The van der Waals surface area contributed by atoms with Crippen molar-refractivity contribution in [1.82, 2.24) is 0 Å². The predicted molar refractivity (Wildman–Crippen MR) is 361 cm³/mol. The van der Waals surface area contributed by atoms with Gasteiger partial charge in [-0.25, -0.2) is 0 Å². The first-order chi connectivity index (χ1) is 45.3. The van der Waals surface area contributed by atoms with Crippen molar-refractivity contribution in [3.8, 4) is 0 Å². The summed E-state index contributed by atoms with van der Waals surface area (Å²) in [5, 5.41) is 1.65. The van der Waals surface area contributed by atoms with E-state index >= 15 is 31.1 Å². The molecule has 12 fully saturated rings. The molecular weight excluding hydrogens is 1220 g/mol. The minimum atomic E-state index is -5.45. The molecule has 12 saturated carbocycles. The molecule has 0 radical (unpaired) electrons. The lowest BCUT2D eigenvalue weighted by molar-refractivity contribution is -0.383. The fraction of sp³-hybridized carbons (Fsp3) is 0.963. The maximum absolute atomic E-state index is 15.5. The van der Waals surface area contributed by atoms with Crippen LogP contribution in [0.1, 0.15) is 322 Å². The number of rotatable bonds is 20. The maximum atomic E-state index is 15.5. The number of Topliss-reactive ketones (excluding diaryl/α,β-unsaturated/α-hetero) is 3. The lowest BCUT2D eigenvalue weighted by Gasteiger charge is -2.51. The Labute approximate surface area is 568 Å². The molecule has 94 heavy (non-hydrogen) atoms. The van der Waals surface area contributed by atoms with Crippen molar-refractivity contribution in [3.05, 3.63) is 0 Å². The van der Waals surface area contributed by atoms with Crippen LogP contribution in [-0.4, -0.2) is 89.0 Å². The number of carbonyl (C=O) groups is 3. The summed E-state index contributed by atoms with van der Waals surface area (Å²) in [6.45, 7) is 4.66. The Kier molecular flexibility index (Phi) is 25.7. The summed E-state index contributed by atoms with van der Waals surface area (Å²) in [5.41, 5.74) is -3.77. The summed E-state index contributed by atoms with van der Waals surface area (Å²) < 4.78 is 119. The Balaban J connectivity index is 0.586. The Morgan fingerprint density at radius 2 is 0.585 bits per heavy atom. The summed E-state index contributed by atoms with van der Waals surface area (Å²) in [4.78, 5) is 43.0. The smallest absolute Gasteiger partial charge is 0.375 e. The van der Waals surface area contributed by atoms with Gasteiger partial charge in [0, 0.05) is 46.0 Å². The Morgan fingerprint density at radius 3 is 0.968 bits per heavy atom. The molecule has 0 heterocycles. The number of hydrogen-bond donors (Lipinski definition) is 0. The quantitative estimate of drug-likeness (QED) is 0.111. The predicted octanol–water partition coefficient (Wildman–Crippen LogP) is 21.8. The van der Waals surface area contributed by atoms with Crippen molar-refractivity contribution < 1.29 is 59.7 Å². The highest BCUT2D eigenvalue weighted by Crippen LogP contribution is 2.65. The fourth-order valence-electron chi connectivity index (χ4n) is 23.0. The van der Waals surface area contributed by atoms with Gasteiger partial charge in [-0.2, -0.15) is 38.1 Å². The highest BCUT2D eigenvalue weighted by molar-refractivity contribution is 8.00. The second kappa shape index (κ2) is 33.3. The molecule has 12 aliphatic rings. The summed E-state index contributed by atoms with van der Waals surface area (Å²) >= 11 is 2.32. The summed E-state index contributed by atoms with van der Waals surface area (Å²) in [6.07, 6.45) is 32.1. The zero-order valence-corrected chi connectivity index (χ0v) is 59.1. The Bertz CT molecular complexity index is 2300. The van der Waals surface area contributed by atoms with Gasteiger partial charge in [0.1, 0.15) is 17.3 Å². The molecule has 536 valence electrons. The second-order valence-electron chi connectivity index (χ2n) is 34.6. The number of carbonyl (C=O) groups excluding carboxylic acids is 3. The maximum Gasteiger partial charge on any atom is 0.403 e. The van der Waals surface area contributed by atoms with Gasteiger partial charge < -0.3 is 18.9 Å². The number of halogens is 6. The molecule has 7 nitrogen and oxygen atoms in total. The number of alkyl halides is 6. The van der Waals surface area contributed by atoms with Gasteiger partial charge in [0.15, 0.2) is 5.41 Å². The average molecular weight is 1350 g/mol. The molecule has 0 aromatic carbocycles. The number of ketones is 3. The molecule has 14 heteroatoms. The molecule has 0 saturated heterocycles. The van der Waals surface area contributed by atoms with Crippen LogP contribution < -0.4 is 0 Å². The first-order valence-corrected chi connectivity index (χ1v) is 41.3. The van der Waals surface area contributed by atoms with Crippen LogP contribution in [0.4, 0.5) is 26.3 Å². The van der Waals surface area contributed by atoms with Crippen molar-refractivity contribution in [2.45, 2.75) is 394 Å². The van der Waals surface area contributed by atoms with E-state index in [1.54, 1.807) is 0 Å². The van der Waals surface area contributed by atoms with Crippen LogP contribution in [0.3, 0.4) is 0 Å². The van der Waals surface area contributed by atoms with Gasteiger partial charge in [0.05, 0.1) is 48.8 Å². The van der Waals surface area contributed by atoms with Crippen LogP contribution in [0.2, 0.25) is 0 Å². The van der Waals surface area contributed by atoms with Gasteiger partial charge >= 0.3 is 12.4 Å². The summed E-state index contributed by atoms with van der Waals surface area (Å²) in [7, 11) is 0. The third kappa shape index (κ3) is 18.0. The number of hydrogen-bond acceptors (Lipinski definition) is 8. The third-order valence-electron chi connectivity index (χ3n) is 28.8. The Hall–Kier alpha value is -1.22. The van der Waals surface area contributed by atoms with Gasteiger partial charge in [-0.05, 0) is 323 Å². The normalized spacial score (nSPS) is 42.3. The summed E-state index contributed by atoms with van der Waals surface area (Å²) in [5.74, 6) is 2.40. The molecule has 0 aromatic heterocycles. The summed E-state index contributed by atoms with van der Waals surface area (Å²) in [6, 6.07) is 0. The van der Waals surface area contributed by atoms with E-state index in [1.165, 1.54) is 89.9 Å². The lowest BCUT2D eigenvalue weighted by Crippen LogP contribution is -2.61. The molecule has 12 aliphatic carbocycles. The molecule has 0 aliphatic heterocycles. The standard InChI is InChI=1S/C80H126F6O7S/c1-51-8-12-55(13-9-51)75(87)57-18-31-64(32-19-57)91-67-37-27-61(28-38-67)78(79(81,82)83,80(84,85)86)62-29-39-68(40-30-62)92-65-33-20-58(21-34-65)76(88)56-16-14-54(15-17-56)73-49-26-60(53-24-47-72(48-25-53)94-71-45-10-52(2)11-46-71)50-74(73)77(89)59-22-35-66(36-23-59)93-70-43-41-69(42-44-70)90-63-6-4-3-5-7-63/h51-74H,3-50H2,1-2H3. The van der Waals surface area contributed by atoms with Crippen molar-refractivity contribution in [2.24, 2.45) is 88.3 Å². The first-order valence-electron chi connectivity index (χ1n) is 40.3. The van der Waals surface area contributed by atoms with E-state index < -0.39 is 29.6 Å². The van der Waals surface area contributed by atoms with Crippen molar-refractivity contribution in [2.75, 3.05) is 0 Å². The average Bonchev–Trinajstić information content (AvgIpc) is 0.720. The van der Waals surface area contributed by atoms with Crippen LogP contribution in [0.25, 0.3) is 0 Å². The molecule has 3 atom stereocenters. The largest absolute Gasteiger partial charge is 0.403 e. The first kappa shape index (κ1) is 72.6. The van der Waals surface area contributed by atoms with E-state index in [1.807, 2.05) is 0 Å². The highest BCUT2D eigenvalue weighted by Gasteiger charge is 2.76. The van der Waals surface area contributed by atoms with Crippen molar-refractivity contribution in [3.63, 3.8) is 0 Å². The fourth-order valence-corrected chi connectivity index (χ4v) is 24.6. The number of thioether (sulfide) groups is 1. The van der Waals surface area contributed by atoms with Gasteiger partial charge in [-0.1, -0.05) is 46.0 Å². The van der Waals surface area contributed by atoms with E-state index in [4.69, 9.17) is 18.9 Å². The van der Waals surface area contributed by atoms with Gasteiger partial charge in [-0.15, -0.1) is 0 Å². The van der Waals surface area contributed by atoms with Crippen molar-refractivity contribution >= 4 is 29.1 Å². The van der Waals surface area contributed by atoms with Crippen LogP contribution >= 0.6 is 11.8 Å². The highest BCUT2D eigenvalue weighted by atomic mass is 32.2. The minimum absolute atomic E-state index is 0.0298. The zero-order valence-electron chi connectivity index (χ0n) is 58.3.